The van der Waals surface area contributed by atoms with Gasteiger partial charge in [0, 0.05) is 25.6 Å². The second kappa shape index (κ2) is 7.35. The zero-order valence-electron chi connectivity index (χ0n) is 14.8. The summed E-state index contributed by atoms with van der Waals surface area (Å²) in [5.41, 5.74) is 12.3. The monoisotopic (exact) mass is 369 g/mol. The van der Waals surface area contributed by atoms with E-state index in [2.05, 4.69) is 37.1 Å². The Hall–Kier alpha value is -1.34. The van der Waals surface area contributed by atoms with Crippen LogP contribution in [0.25, 0.3) is 0 Å². The van der Waals surface area contributed by atoms with Crippen molar-refractivity contribution in [1.29, 1.82) is 0 Å². The third-order valence-electron chi connectivity index (χ3n) is 5.71. The fraction of sp³-hybridized carbons (Fsp3) is 0.800. The lowest BCUT2D eigenvalue weighted by Gasteiger charge is -2.39. The van der Waals surface area contributed by atoms with Crippen LogP contribution in [0.2, 0.25) is 0 Å². The average Bonchev–Trinajstić information content (AvgIpc) is 3.17. The van der Waals surface area contributed by atoms with E-state index in [1.54, 1.807) is 5.01 Å². The Balaban J connectivity index is 1.44. The predicted molar refractivity (Wildman–Crippen MR) is 93.0 cm³/mol. The quantitative estimate of drug-likeness (QED) is 0.277. The molecule has 146 valence electrons. The number of carbonyl (C=O) groups is 1. The first kappa shape index (κ1) is 18.0. The number of halogens is 1. The second-order valence-corrected chi connectivity index (χ2v) is 7.36. The van der Waals surface area contributed by atoms with E-state index >= 15 is 0 Å². The average molecular weight is 369 g/mol. The number of piperidine rings is 1. The van der Waals surface area contributed by atoms with Gasteiger partial charge >= 0.3 is 0 Å². The fourth-order valence-electron chi connectivity index (χ4n) is 4.39. The summed E-state index contributed by atoms with van der Waals surface area (Å²) in [6, 6.07) is -0.00628. The van der Waals surface area contributed by atoms with E-state index in [0.717, 1.165) is 19.6 Å². The molecule has 0 bridgehead atoms. The molecule has 6 unspecified atom stereocenters. The van der Waals surface area contributed by atoms with E-state index in [9.17, 15) is 9.18 Å². The van der Waals surface area contributed by atoms with Crippen molar-refractivity contribution in [1.82, 2.24) is 42.1 Å². The van der Waals surface area contributed by atoms with E-state index in [1.165, 1.54) is 6.20 Å². The summed E-state index contributed by atoms with van der Waals surface area (Å²) in [5.74, 6) is -0.637. The Morgan fingerprint density at radius 2 is 2.23 bits per heavy atom. The first-order valence-corrected chi connectivity index (χ1v) is 9.15. The van der Waals surface area contributed by atoms with Crippen LogP contribution in [-0.4, -0.2) is 73.8 Å². The first-order chi connectivity index (χ1) is 12.5. The van der Waals surface area contributed by atoms with Crippen LogP contribution in [0.15, 0.2) is 12.0 Å². The van der Waals surface area contributed by atoms with Gasteiger partial charge < -0.3 is 16.4 Å². The maximum atomic E-state index is 13.5. The van der Waals surface area contributed by atoms with Gasteiger partial charge in [-0.3, -0.25) is 20.4 Å². The van der Waals surface area contributed by atoms with Crippen LogP contribution in [0.1, 0.15) is 6.42 Å². The van der Waals surface area contributed by atoms with E-state index < -0.39 is 12.1 Å². The van der Waals surface area contributed by atoms with Crippen molar-refractivity contribution in [2.75, 3.05) is 33.4 Å². The molecule has 0 spiro atoms. The van der Waals surface area contributed by atoms with Crippen molar-refractivity contribution in [3.8, 4) is 0 Å². The van der Waals surface area contributed by atoms with E-state index in [1.807, 2.05) is 7.05 Å². The number of hydrazine groups is 2. The van der Waals surface area contributed by atoms with Gasteiger partial charge in [0.1, 0.15) is 17.9 Å². The summed E-state index contributed by atoms with van der Waals surface area (Å²) in [7, 11) is 2.01. The molecule has 3 fully saturated rings. The summed E-state index contributed by atoms with van der Waals surface area (Å²) in [5, 5.41) is 16.6. The van der Waals surface area contributed by atoms with Crippen molar-refractivity contribution in [3.05, 3.63) is 12.0 Å². The lowest BCUT2D eigenvalue weighted by Crippen LogP contribution is -2.61. The molecule has 4 heterocycles. The highest BCUT2D eigenvalue weighted by atomic mass is 19.1. The van der Waals surface area contributed by atoms with Gasteiger partial charge in [0.15, 0.2) is 0 Å². The van der Waals surface area contributed by atoms with Gasteiger partial charge in [-0.05, 0) is 13.0 Å². The number of carbonyl (C=O) groups excluding carboxylic acids is 1. The Kier molecular flexibility index (Phi) is 5.10. The SMILES string of the molecule is CN1NCNC1C1CCNCC1NC(=O)C1C(N)NN2C=C(F)CNC12. The van der Waals surface area contributed by atoms with Gasteiger partial charge in [-0.15, -0.1) is 0 Å². The van der Waals surface area contributed by atoms with E-state index in [0.29, 0.717) is 6.54 Å². The van der Waals surface area contributed by atoms with Crippen molar-refractivity contribution in [2.24, 2.45) is 17.6 Å². The maximum absolute atomic E-state index is 13.5. The molecule has 0 aliphatic carbocycles. The van der Waals surface area contributed by atoms with E-state index in [-0.39, 0.29) is 42.6 Å². The Morgan fingerprint density at radius 3 is 3.00 bits per heavy atom. The number of hydrogen-bond donors (Lipinski definition) is 7. The highest BCUT2D eigenvalue weighted by molar-refractivity contribution is 5.81. The van der Waals surface area contributed by atoms with Crippen molar-refractivity contribution >= 4 is 5.91 Å². The molecule has 6 atom stereocenters. The summed E-state index contributed by atoms with van der Waals surface area (Å²) < 4.78 is 13.5. The van der Waals surface area contributed by atoms with Gasteiger partial charge in [-0.1, -0.05) is 0 Å². The van der Waals surface area contributed by atoms with Crippen LogP contribution in [0.3, 0.4) is 0 Å². The lowest BCUT2D eigenvalue weighted by molar-refractivity contribution is -0.127. The molecule has 10 nitrogen and oxygen atoms in total. The smallest absolute Gasteiger partial charge is 0.229 e. The van der Waals surface area contributed by atoms with Crippen LogP contribution < -0.4 is 37.9 Å². The third-order valence-corrected chi connectivity index (χ3v) is 5.71. The molecule has 4 rings (SSSR count). The van der Waals surface area contributed by atoms with Crippen LogP contribution in [0, 0.1) is 11.8 Å². The Morgan fingerprint density at radius 1 is 1.38 bits per heavy atom. The molecule has 0 radical (unpaired) electrons. The van der Waals surface area contributed by atoms with Crippen LogP contribution in [0.5, 0.6) is 0 Å². The Bertz CT molecular complexity index is 575. The third kappa shape index (κ3) is 3.31. The summed E-state index contributed by atoms with van der Waals surface area (Å²) in [6.07, 6.45) is 1.57. The fourth-order valence-corrected chi connectivity index (χ4v) is 4.39. The van der Waals surface area contributed by atoms with Gasteiger partial charge in [0.25, 0.3) is 0 Å². The highest BCUT2D eigenvalue weighted by Gasteiger charge is 2.46. The number of nitrogens with one attached hydrogen (secondary N) is 6. The summed E-state index contributed by atoms with van der Waals surface area (Å²) in [6.45, 7) is 2.47. The molecule has 26 heavy (non-hydrogen) atoms. The van der Waals surface area contributed by atoms with Gasteiger partial charge in [-0.25, -0.2) is 20.3 Å². The number of nitrogens with zero attached hydrogens (tertiary/aromatic N) is 2. The zero-order chi connectivity index (χ0) is 18.3. The molecule has 11 heteroatoms. The summed E-state index contributed by atoms with van der Waals surface area (Å²) >= 11 is 0. The topological polar surface area (TPSA) is 122 Å². The molecule has 3 saturated heterocycles. The molecule has 4 aliphatic rings. The summed E-state index contributed by atoms with van der Waals surface area (Å²) in [4.78, 5) is 13.0. The molecule has 0 saturated carbocycles. The number of amides is 1. The number of fused-ring (bicyclic) bond motifs is 1. The largest absolute Gasteiger partial charge is 0.351 e. The zero-order valence-corrected chi connectivity index (χ0v) is 14.8. The normalized spacial score (nSPS) is 41.0. The maximum Gasteiger partial charge on any atom is 0.229 e. The molecular weight excluding hydrogens is 341 g/mol. The number of hydrogen-bond acceptors (Lipinski definition) is 9. The lowest BCUT2D eigenvalue weighted by atomic mass is 9.88. The van der Waals surface area contributed by atoms with Crippen LogP contribution in [-0.2, 0) is 4.79 Å². The van der Waals surface area contributed by atoms with Crippen molar-refractivity contribution in [3.63, 3.8) is 0 Å². The van der Waals surface area contributed by atoms with Crippen molar-refractivity contribution in [2.45, 2.75) is 31.0 Å². The van der Waals surface area contributed by atoms with E-state index in [4.69, 9.17) is 5.73 Å². The minimum Gasteiger partial charge on any atom is -0.351 e. The molecule has 0 aromatic carbocycles. The van der Waals surface area contributed by atoms with Crippen LogP contribution >= 0.6 is 0 Å². The standard InChI is InChI=1S/C15H28FN9O/c1-24-13(20-7-21-24)9-2-3-18-5-10(9)22-15(26)11-12(17)23-25-6-8(16)4-19-14(11)25/h6,9-14,18-21,23H,2-5,7,17H2,1H3,(H,22,26). The first-order valence-electron chi connectivity index (χ1n) is 9.15. The molecule has 1 amide bonds. The molecule has 0 aromatic heterocycles. The highest BCUT2D eigenvalue weighted by Crippen LogP contribution is 2.25. The van der Waals surface area contributed by atoms with Gasteiger partial charge in [-0.2, -0.15) is 0 Å². The van der Waals surface area contributed by atoms with Crippen molar-refractivity contribution < 1.29 is 9.18 Å². The minimum absolute atomic E-state index is 0.00628. The second-order valence-electron chi connectivity index (χ2n) is 7.36. The predicted octanol–water partition coefficient (Wildman–Crippen LogP) is -3.13. The van der Waals surface area contributed by atoms with Crippen LogP contribution in [0.4, 0.5) is 4.39 Å². The van der Waals surface area contributed by atoms with Gasteiger partial charge in [0.05, 0.1) is 31.7 Å². The molecule has 8 N–H and O–H groups in total. The molecular formula is C15H28FN9O. The number of rotatable bonds is 3. The number of nitrogens with two attached hydrogens (primary N) is 1. The Labute approximate surface area is 152 Å². The molecule has 4 aliphatic heterocycles. The minimum atomic E-state index is -0.571. The van der Waals surface area contributed by atoms with Gasteiger partial charge in [0.2, 0.25) is 5.91 Å². The molecule has 0 aromatic rings.